The van der Waals surface area contributed by atoms with Crippen molar-refractivity contribution in [3.05, 3.63) is 64.1 Å². The Bertz CT molecular complexity index is 1010. The predicted molar refractivity (Wildman–Crippen MR) is 99.3 cm³/mol. The van der Waals surface area contributed by atoms with E-state index in [9.17, 15) is 24.6 Å². The molecule has 0 bridgehead atoms. The second kappa shape index (κ2) is 7.22. The van der Waals surface area contributed by atoms with Crippen LogP contribution < -0.4 is 15.1 Å². The number of hydrogen-bond acceptors (Lipinski definition) is 7. The van der Waals surface area contributed by atoms with Crippen LogP contribution in [0.3, 0.4) is 0 Å². The molecule has 0 aromatic heterocycles. The van der Waals surface area contributed by atoms with E-state index in [1.807, 2.05) is 0 Å². The van der Waals surface area contributed by atoms with Crippen LogP contribution in [0, 0.1) is 0 Å². The molecule has 1 aliphatic rings. The second-order valence-corrected chi connectivity index (χ2v) is 7.09. The average molecular weight is 399 g/mol. The van der Waals surface area contributed by atoms with Crippen LogP contribution >= 0.6 is 24.0 Å². The summed E-state index contributed by atoms with van der Waals surface area (Å²) in [6, 6.07) is 9.25. The van der Waals surface area contributed by atoms with E-state index in [-0.39, 0.29) is 20.5 Å². The summed E-state index contributed by atoms with van der Waals surface area (Å²) < 4.78 is 0.188. The number of thiocarbonyl (C=S) groups is 1. The molecule has 0 spiro atoms. The van der Waals surface area contributed by atoms with Crippen molar-refractivity contribution in [1.82, 2.24) is 0 Å². The lowest BCUT2D eigenvalue weighted by atomic mass is 10.1. The molecule has 136 valence electrons. The maximum absolute atomic E-state index is 12.7. The highest BCUT2D eigenvalue weighted by Crippen LogP contribution is 2.37. The summed E-state index contributed by atoms with van der Waals surface area (Å²) in [6.45, 7) is 0. The van der Waals surface area contributed by atoms with Gasteiger partial charge in [0.05, 0.1) is 22.1 Å². The van der Waals surface area contributed by atoms with Crippen molar-refractivity contribution in [3.63, 3.8) is 0 Å². The maximum Gasteiger partial charge on any atom is 0.335 e. The molecule has 27 heavy (non-hydrogen) atoms. The molecular formula is C18H9NO6S2-2. The number of carboxylic acids is 2. The molecule has 3 rings (SSSR count). The first-order valence-electron chi connectivity index (χ1n) is 7.41. The normalized spacial score (nSPS) is 15.4. The number of hydrogen-bond donors (Lipinski definition) is 1. The van der Waals surface area contributed by atoms with Gasteiger partial charge in [0.15, 0.2) is 4.32 Å². The van der Waals surface area contributed by atoms with Crippen LogP contribution in [-0.2, 0) is 4.79 Å². The van der Waals surface area contributed by atoms with E-state index >= 15 is 0 Å². The van der Waals surface area contributed by atoms with Crippen molar-refractivity contribution in [2.24, 2.45) is 0 Å². The Balaban J connectivity index is 1.92. The summed E-state index contributed by atoms with van der Waals surface area (Å²) in [7, 11) is 0. The first-order chi connectivity index (χ1) is 12.8. The second-order valence-electron chi connectivity index (χ2n) is 5.41. The quantitative estimate of drug-likeness (QED) is 0.602. The molecule has 1 aliphatic heterocycles. The molecule has 1 saturated heterocycles. The fraction of sp³-hybridized carbons (Fsp3) is 0. The van der Waals surface area contributed by atoms with Crippen LogP contribution in [0.1, 0.15) is 26.3 Å². The highest BCUT2D eigenvalue weighted by molar-refractivity contribution is 8.27. The Morgan fingerprint density at radius 2 is 1.81 bits per heavy atom. The monoisotopic (exact) mass is 399 g/mol. The molecule has 2 aromatic rings. The molecule has 0 aliphatic carbocycles. The number of rotatable bonds is 4. The van der Waals surface area contributed by atoms with Crippen LogP contribution in [0.15, 0.2) is 47.4 Å². The fourth-order valence-electron chi connectivity index (χ4n) is 2.38. The van der Waals surface area contributed by atoms with Crippen molar-refractivity contribution in [2.75, 3.05) is 4.90 Å². The summed E-state index contributed by atoms with van der Waals surface area (Å²) >= 11 is 6.22. The Hall–Kier alpha value is -3.17. The van der Waals surface area contributed by atoms with E-state index in [4.69, 9.17) is 17.3 Å². The molecule has 0 saturated carbocycles. The number of carboxylic acid groups (broad SMARTS) is 2. The minimum atomic E-state index is -1.39. The number of carbonyl (C=O) groups is 3. The van der Waals surface area contributed by atoms with Gasteiger partial charge in [-0.1, -0.05) is 60.1 Å². The minimum absolute atomic E-state index is 0.0126. The third kappa shape index (κ3) is 3.69. The highest BCUT2D eigenvalue weighted by Gasteiger charge is 2.33. The Labute approximate surface area is 162 Å². The van der Waals surface area contributed by atoms with Crippen LogP contribution in [0.5, 0.6) is 5.75 Å². The maximum atomic E-state index is 12.7. The third-order valence-electron chi connectivity index (χ3n) is 3.69. The van der Waals surface area contributed by atoms with Crippen molar-refractivity contribution in [1.29, 1.82) is 0 Å². The van der Waals surface area contributed by atoms with Gasteiger partial charge < -0.3 is 20.1 Å². The van der Waals surface area contributed by atoms with E-state index < -0.39 is 29.2 Å². The smallest absolute Gasteiger partial charge is 0.335 e. The summed E-state index contributed by atoms with van der Waals surface area (Å²) in [5.41, 5.74) is 0.328. The highest BCUT2D eigenvalue weighted by atomic mass is 32.2. The summed E-state index contributed by atoms with van der Waals surface area (Å²) in [5.74, 6) is -3.83. The van der Waals surface area contributed by atoms with Gasteiger partial charge in [-0.3, -0.25) is 9.69 Å². The molecule has 1 fully saturated rings. The van der Waals surface area contributed by atoms with Crippen molar-refractivity contribution >= 4 is 57.9 Å². The standard InChI is InChI=1S/C18H11NO6S2/c20-13-6-5-11(8-12(13)17(24)25)19-15(21)14(27-18(19)26)7-9-1-3-10(4-2-9)16(22)23/h1-8,20H,(H,22,23)(H,24,25)/p-2/b14-7-. The average Bonchev–Trinajstić information content (AvgIpc) is 2.89. The number of amides is 1. The lowest BCUT2D eigenvalue weighted by molar-refractivity contribution is -0.268. The lowest BCUT2D eigenvalue weighted by Gasteiger charge is -2.18. The van der Waals surface area contributed by atoms with Gasteiger partial charge in [0.25, 0.3) is 5.91 Å². The van der Waals surface area contributed by atoms with Gasteiger partial charge in [-0.05, 0) is 29.3 Å². The van der Waals surface area contributed by atoms with Gasteiger partial charge in [-0.15, -0.1) is 0 Å². The van der Waals surface area contributed by atoms with Crippen molar-refractivity contribution < 1.29 is 29.7 Å². The van der Waals surface area contributed by atoms with Gasteiger partial charge in [0.2, 0.25) is 0 Å². The number of thioether (sulfide) groups is 1. The number of nitrogens with zero attached hydrogens (tertiary/aromatic N) is 1. The molecule has 0 atom stereocenters. The zero-order chi connectivity index (χ0) is 19.7. The van der Waals surface area contributed by atoms with Crippen LogP contribution in [0.2, 0.25) is 0 Å². The molecular weight excluding hydrogens is 390 g/mol. The van der Waals surface area contributed by atoms with Crippen molar-refractivity contribution in [3.8, 4) is 5.75 Å². The summed E-state index contributed by atoms with van der Waals surface area (Å²) in [4.78, 5) is 36.0. The van der Waals surface area contributed by atoms with Crippen LogP contribution in [0.4, 0.5) is 5.69 Å². The number of aromatic carboxylic acids is 2. The minimum Gasteiger partial charge on any atom is -0.872 e. The number of anilines is 1. The summed E-state index contributed by atoms with van der Waals surface area (Å²) in [5, 5.41) is 31.4. The van der Waals surface area contributed by atoms with Crippen LogP contribution in [0.25, 0.3) is 6.08 Å². The molecule has 7 nitrogen and oxygen atoms in total. The third-order valence-corrected chi connectivity index (χ3v) is 4.99. The largest absolute Gasteiger partial charge is 0.872 e. The SMILES string of the molecule is O=C([O-])c1ccc(/C=C2\SC(=S)N(c3ccc([O-])c(C(=O)O)c3)C2=O)cc1. The van der Waals surface area contributed by atoms with Gasteiger partial charge >= 0.3 is 5.97 Å². The first-order valence-corrected chi connectivity index (χ1v) is 8.64. The van der Waals surface area contributed by atoms with Crippen molar-refractivity contribution in [2.45, 2.75) is 0 Å². The zero-order valence-electron chi connectivity index (χ0n) is 13.4. The molecule has 1 heterocycles. The Kier molecular flexibility index (Phi) is 4.98. The fourth-order valence-corrected chi connectivity index (χ4v) is 3.68. The van der Waals surface area contributed by atoms with E-state index in [0.29, 0.717) is 5.56 Å². The predicted octanol–water partition coefficient (Wildman–Crippen LogP) is 1.23. The zero-order valence-corrected chi connectivity index (χ0v) is 15.0. The molecule has 1 amide bonds. The summed E-state index contributed by atoms with van der Waals surface area (Å²) in [6.07, 6.45) is 1.54. The van der Waals surface area contributed by atoms with E-state index in [2.05, 4.69) is 0 Å². The van der Waals surface area contributed by atoms with E-state index in [0.717, 1.165) is 28.8 Å². The number of carbonyl (C=O) groups excluding carboxylic acids is 2. The molecule has 2 aromatic carbocycles. The molecule has 0 unspecified atom stereocenters. The van der Waals surface area contributed by atoms with Gasteiger partial charge in [-0.2, -0.15) is 0 Å². The topological polar surface area (TPSA) is 121 Å². The van der Waals surface area contributed by atoms with Gasteiger partial charge in [0.1, 0.15) is 0 Å². The lowest BCUT2D eigenvalue weighted by Crippen LogP contribution is -2.27. The number of benzene rings is 2. The van der Waals surface area contributed by atoms with Crippen LogP contribution in [-0.4, -0.2) is 27.3 Å². The first kappa shape index (κ1) is 18.6. The molecule has 9 heteroatoms. The van der Waals surface area contributed by atoms with E-state index in [1.54, 1.807) is 6.08 Å². The van der Waals surface area contributed by atoms with E-state index in [1.165, 1.54) is 30.3 Å². The molecule has 1 N–H and O–H groups in total. The van der Waals surface area contributed by atoms with Gasteiger partial charge in [-0.25, -0.2) is 4.79 Å². The Morgan fingerprint density at radius 3 is 2.41 bits per heavy atom. The molecule has 0 radical (unpaired) electrons. The van der Waals surface area contributed by atoms with Gasteiger partial charge in [0, 0.05) is 0 Å². The Morgan fingerprint density at radius 1 is 1.15 bits per heavy atom.